The summed E-state index contributed by atoms with van der Waals surface area (Å²) >= 11 is 0. The Bertz CT molecular complexity index is 372. The van der Waals surface area contributed by atoms with E-state index in [1.165, 1.54) is 0 Å². The zero-order chi connectivity index (χ0) is 13.1. The maximum atomic E-state index is 8.99. The number of nitrogens with zero attached hydrogens (tertiary/aromatic N) is 2. The summed E-state index contributed by atoms with van der Waals surface area (Å²) in [6, 6.07) is 1.13. The average Bonchev–Trinajstić information content (AvgIpc) is 2.24. The largest absolute Gasteiger partial charge is 0.394 e. The van der Waals surface area contributed by atoms with Crippen molar-refractivity contribution in [2.24, 2.45) is 0 Å². The molecule has 1 aromatic rings. The molecule has 5 N–H and O–H groups in total. The molecule has 0 radical (unpaired) electrons. The number of hydrogen-bond acceptors (Lipinski definition) is 6. The molecule has 0 atom stereocenters. The standard InChI is InChI=1S/C11H20N4O2/c1-11(2,3)10-14-8(12)4-9(15-10)13-7(5-16)6-17/h4,7,16-17H,5-6H2,1-3H3,(H3,12,13,14,15). The maximum absolute atomic E-state index is 8.99. The minimum atomic E-state index is -0.447. The van der Waals surface area contributed by atoms with Crippen molar-refractivity contribution in [1.29, 1.82) is 0 Å². The van der Waals surface area contributed by atoms with Gasteiger partial charge in [-0.2, -0.15) is 0 Å². The Labute approximate surface area is 101 Å². The Morgan fingerprint density at radius 2 is 1.88 bits per heavy atom. The van der Waals surface area contributed by atoms with Crippen LogP contribution in [0, 0.1) is 0 Å². The van der Waals surface area contributed by atoms with Crippen LogP contribution < -0.4 is 11.1 Å². The zero-order valence-corrected chi connectivity index (χ0v) is 10.4. The van der Waals surface area contributed by atoms with Gasteiger partial charge < -0.3 is 21.3 Å². The zero-order valence-electron chi connectivity index (χ0n) is 10.4. The third-order valence-corrected chi connectivity index (χ3v) is 2.21. The van der Waals surface area contributed by atoms with Crippen LogP contribution in [0.4, 0.5) is 11.6 Å². The van der Waals surface area contributed by atoms with E-state index in [4.69, 9.17) is 15.9 Å². The van der Waals surface area contributed by atoms with E-state index in [-0.39, 0.29) is 18.6 Å². The minimum Gasteiger partial charge on any atom is -0.394 e. The summed E-state index contributed by atoms with van der Waals surface area (Å²) in [6.45, 7) is 5.61. The van der Waals surface area contributed by atoms with Crippen LogP contribution in [0.3, 0.4) is 0 Å². The van der Waals surface area contributed by atoms with Gasteiger partial charge in [-0.25, -0.2) is 9.97 Å². The first kappa shape index (κ1) is 13.7. The van der Waals surface area contributed by atoms with E-state index in [1.54, 1.807) is 6.07 Å². The Balaban J connectivity index is 2.97. The smallest absolute Gasteiger partial charge is 0.138 e. The second kappa shape index (κ2) is 5.29. The number of aliphatic hydroxyl groups is 2. The molecule has 0 bridgehead atoms. The van der Waals surface area contributed by atoms with Gasteiger partial charge in [0.05, 0.1) is 19.3 Å². The van der Waals surface area contributed by atoms with Gasteiger partial charge in [-0.1, -0.05) is 20.8 Å². The molecule has 0 aliphatic heterocycles. The molecule has 6 heteroatoms. The first-order valence-corrected chi connectivity index (χ1v) is 5.50. The fourth-order valence-corrected chi connectivity index (χ4v) is 1.23. The molecule has 0 fully saturated rings. The fraction of sp³-hybridized carbons (Fsp3) is 0.636. The summed E-state index contributed by atoms with van der Waals surface area (Å²) in [5, 5.41) is 20.9. The second-order valence-electron chi connectivity index (χ2n) is 4.96. The van der Waals surface area contributed by atoms with E-state index in [2.05, 4.69) is 15.3 Å². The van der Waals surface area contributed by atoms with Crippen molar-refractivity contribution in [3.8, 4) is 0 Å². The van der Waals surface area contributed by atoms with Crippen molar-refractivity contribution in [3.05, 3.63) is 11.9 Å². The lowest BCUT2D eigenvalue weighted by molar-refractivity contribution is 0.203. The van der Waals surface area contributed by atoms with Crippen molar-refractivity contribution < 1.29 is 10.2 Å². The highest BCUT2D eigenvalue weighted by Crippen LogP contribution is 2.21. The van der Waals surface area contributed by atoms with E-state index in [9.17, 15) is 0 Å². The van der Waals surface area contributed by atoms with E-state index in [0.717, 1.165) is 0 Å². The Morgan fingerprint density at radius 1 is 1.29 bits per heavy atom. The van der Waals surface area contributed by atoms with Crippen LogP contribution in [0.15, 0.2) is 6.07 Å². The van der Waals surface area contributed by atoms with Crippen molar-refractivity contribution in [3.63, 3.8) is 0 Å². The van der Waals surface area contributed by atoms with Crippen molar-refractivity contribution in [2.45, 2.75) is 32.2 Å². The van der Waals surface area contributed by atoms with Crippen LogP contribution in [0.5, 0.6) is 0 Å². The maximum Gasteiger partial charge on any atom is 0.138 e. The predicted molar refractivity (Wildman–Crippen MR) is 66.7 cm³/mol. The van der Waals surface area contributed by atoms with E-state index < -0.39 is 6.04 Å². The predicted octanol–water partition coefficient (Wildman–Crippen LogP) is 0.121. The second-order valence-corrected chi connectivity index (χ2v) is 4.96. The van der Waals surface area contributed by atoms with E-state index in [0.29, 0.717) is 17.5 Å². The van der Waals surface area contributed by atoms with Crippen LogP contribution in [0.25, 0.3) is 0 Å². The number of aliphatic hydroxyl groups excluding tert-OH is 2. The molecule has 1 rings (SSSR count). The highest BCUT2D eigenvalue weighted by atomic mass is 16.3. The van der Waals surface area contributed by atoms with Gasteiger partial charge in [0.25, 0.3) is 0 Å². The molecule has 0 saturated carbocycles. The summed E-state index contributed by atoms with van der Waals surface area (Å²) in [7, 11) is 0. The van der Waals surface area contributed by atoms with Gasteiger partial charge in [0, 0.05) is 11.5 Å². The molecule has 0 amide bonds. The molecular formula is C11H20N4O2. The van der Waals surface area contributed by atoms with Crippen LogP contribution >= 0.6 is 0 Å². The van der Waals surface area contributed by atoms with Gasteiger partial charge in [-0.15, -0.1) is 0 Å². The molecular weight excluding hydrogens is 220 g/mol. The van der Waals surface area contributed by atoms with Crippen LogP contribution in [-0.4, -0.2) is 39.4 Å². The Hall–Kier alpha value is -1.40. The van der Waals surface area contributed by atoms with Gasteiger partial charge in [0.1, 0.15) is 17.5 Å². The fourth-order valence-electron chi connectivity index (χ4n) is 1.23. The van der Waals surface area contributed by atoms with Gasteiger partial charge in [-0.3, -0.25) is 0 Å². The third kappa shape index (κ3) is 3.83. The number of nitrogens with two attached hydrogens (primary N) is 1. The quantitative estimate of drug-likeness (QED) is 0.596. The minimum absolute atomic E-state index is 0.175. The molecule has 1 heterocycles. The van der Waals surface area contributed by atoms with E-state index >= 15 is 0 Å². The molecule has 0 spiro atoms. The number of rotatable bonds is 4. The molecule has 0 aromatic carbocycles. The van der Waals surface area contributed by atoms with Crippen LogP contribution in [0.2, 0.25) is 0 Å². The van der Waals surface area contributed by atoms with Crippen molar-refractivity contribution in [2.75, 3.05) is 24.3 Å². The Kier molecular flexibility index (Phi) is 4.25. The summed E-state index contributed by atoms with van der Waals surface area (Å²) in [5.41, 5.74) is 5.49. The number of anilines is 2. The molecule has 0 unspecified atom stereocenters. The van der Waals surface area contributed by atoms with Crippen LogP contribution in [0.1, 0.15) is 26.6 Å². The average molecular weight is 240 g/mol. The normalized spacial score (nSPS) is 11.9. The molecule has 96 valence electrons. The molecule has 0 aliphatic rings. The summed E-state index contributed by atoms with van der Waals surface area (Å²) in [4.78, 5) is 8.48. The summed E-state index contributed by atoms with van der Waals surface area (Å²) < 4.78 is 0. The molecule has 0 saturated heterocycles. The van der Waals surface area contributed by atoms with Crippen LogP contribution in [-0.2, 0) is 5.41 Å². The van der Waals surface area contributed by atoms with E-state index in [1.807, 2.05) is 20.8 Å². The lowest BCUT2D eigenvalue weighted by Gasteiger charge is -2.20. The molecule has 17 heavy (non-hydrogen) atoms. The first-order chi connectivity index (χ1) is 7.86. The van der Waals surface area contributed by atoms with Gasteiger partial charge >= 0.3 is 0 Å². The topological polar surface area (TPSA) is 104 Å². The number of hydrogen-bond donors (Lipinski definition) is 4. The summed E-state index contributed by atoms with van der Waals surface area (Å²) in [5.74, 6) is 1.49. The molecule has 6 nitrogen and oxygen atoms in total. The van der Waals surface area contributed by atoms with Crippen molar-refractivity contribution in [1.82, 2.24) is 9.97 Å². The van der Waals surface area contributed by atoms with Gasteiger partial charge in [0.2, 0.25) is 0 Å². The third-order valence-electron chi connectivity index (χ3n) is 2.21. The van der Waals surface area contributed by atoms with Gasteiger partial charge in [-0.05, 0) is 0 Å². The van der Waals surface area contributed by atoms with Crippen molar-refractivity contribution >= 4 is 11.6 Å². The summed E-state index contributed by atoms with van der Waals surface area (Å²) in [6.07, 6.45) is 0. The number of aromatic nitrogens is 2. The first-order valence-electron chi connectivity index (χ1n) is 5.50. The monoisotopic (exact) mass is 240 g/mol. The Morgan fingerprint density at radius 3 is 2.35 bits per heavy atom. The van der Waals surface area contributed by atoms with Gasteiger partial charge in [0.15, 0.2) is 0 Å². The highest BCUT2D eigenvalue weighted by Gasteiger charge is 2.19. The molecule has 0 aliphatic carbocycles. The number of nitrogen functional groups attached to an aromatic ring is 1. The lowest BCUT2D eigenvalue weighted by atomic mass is 9.96. The number of nitrogens with one attached hydrogen (secondary N) is 1. The molecule has 1 aromatic heterocycles. The lowest BCUT2D eigenvalue weighted by Crippen LogP contribution is -2.29. The highest BCUT2D eigenvalue weighted by molar-refractivity contribution is 5.46. The SMILES string of the molecule is CC(C)(C)c1nc(N)cc(NC(CO)CO)n1.